The van der Waals surface area contributed by atoms with Gasteiger partial charge in [0.2, 0.25) is 0 Å². The predicted molar refractivity (Wildman–Crippen MR) is 81.5 cm³/mol. The Labute approximate surface area is 129 Å². The van der Waals surface area contributed by atoms with E-state index in [4.69, 9.17) is 4.74 Å². The number of hydrogen-bond donors (Lipinski definition) is 1. The zero-order valence-corrected chi connectivity index (χ0v) is 12.7. The molecule has 0 aliphatic carbocycles. The first-order chi connectivity index (χ1) is 10.5. The SMILES string of the molecule is COC(=O)CC(C)(NCc1ccccc1F)c1ccncc1. The van der Waals surface area contributed by atoms with Gasteiger partial charge in [-0.1, -0.05) is 18.2 Å². The van der Waals surface area contributed by atoms with Crippen molar-refractivity contribution in [1.82, 2.24) is 10.3 Å². The molecule has 1 N–H and O–H groups in total. The number of esters is 1. The molecule has 0 amide bonds. The largest absolute Gasteiger partial charge is 0.469 e. The summed E-state index contributed by atoms with van der Waals surface area (Å²) in [6, 6.07) is 10.2. The highest BCUT2D eigenvalue weighted by atomic mass is 19.1. The topological polar surface area (TPSA) is 51.2 Å². The van der Waals surface area contributed by atoms with Gasteiger partial charge in [0.15, 0.2) is 0 Å². The summed E-state index contributed by atoms with van der Waals surface area (Å²) in [7, 11) is 1.35. The number of rotatable bonds is 6. The molecule has 1 unspecified atom stereocenters. The van der Waals surface area contributed by atoms with Crippen molar-refractivity contribution in [3.8, 4) is 0 Å². The Kier molecular flexibility index (Phi) is 5.22. The first kappa shape index (κ1) is 16.1. The number of nitrogens with one attached hydrogen (secondary N) is 1. The highest BCUT2D eigenvalue weighted by molar-refractivity contribution is 5.71. The van der Waals surface area contributed by atoms with E-state index in [2.05, 4.69) is 10.3 Å². The van der Waals surface area contributed by atoms with Crippen LogP contribution in [0.15, 0.2) is 48.8 Å². The Hall–Kier alpha value is -2.27. The number of aromatic nitrogens is 1. The molecule has 0 saturated carbocycles. The Bertz CT molecular complexity index is 634. The molecule has 1 aromatic carbocycles. The van der Waals surface area contributed by atoms with Crippen molar-refractivity contribution in [2.75, 3.05) is 7.11 Å². The number of methoxy groups -OCH3 is 1. The molecule has 0 bridgehead atoms. The molecule has 1 atom stereocenters. The normalized spacial score (nSPS) is 13.4. The van der Waals surface area contributed by atoms with Crippen molar-refractivity contribution in [2.45, 2.75) is 25.4 Å². The maximum atomic E-state index is 13.8. The lowest BCUT2D eigenvalue weighted by Crippen LogP contribution is -2.41. The van der Waals surface area contributed by atoms with Crippen LogP contribution in [0.3, 0.4) is 0 Å². The fourth-order valence-corrected chi connectivity index (χ4v) is 2.28. The Morgan fingerprint density at radius 2 is 1.95 bits per heavy atom. The molecular weight excluding hydrogens is 283 g/mol. The summed E-state index contributed by atoms with van der Waals surface area (Å²) in [6.45, 7) is 2.20. The number of nitrogens with zero attached hydrogens (tertiary/aromatic N) is 1. The lowest BCUT2D eigenvalue weighted by atomic mass is 9.89. The van der Waals surface area contributed by atoms with E-state index >= 15 is 0 Å². The molecule has 2 rings (SSSR count). The van der Waals surface area contributed by atoms with Gasteiger partial charge in [0.05, 0.1) is 19.1 Å². The van der Waals surface area contributed by atoms with Gasteiger partial charge in [0.1, 0.15) is 5.82 Å². The molecule has 0 radical (unpaired) electrons. The lowest BCUT2D eigenvalue weighted by Gasteiger charge is -2.30. The van der Waals surface area contributed by atoms with Gasteiger partial charge in [-0.05, 0) is 30.7 Å². The highest BCUT2D eigenvalue weighted by Crippen LogP contribution is 2.25. The second kappa shape index (κ2) is 7.13. The van der Waals surface area contributed by atoms with Gasteiger partial charge in [-0.2, -0.15) is 0 Å². The molecule has 1 aromatic heterocycles. The van der Waals surface area contributed by atoms with Crippen molar-refractivity contribution in [1.29, 1.82) is 0 Å². The minimum atomic E-state index is -0.668. The van der Waals surface area contributed by atoms with Crippen LogP contribution >= 0.6 is 0 Å². The molecule has 0 aliphatic rings. The molecule has 4 nitrogen and oxygen atoms in total. The molecule has 2 aromatic rings. The number of hydrogen-bond acceptors (Lipinski definition) is 4. The third kappa shape index (κ3) is 3.89. The van der Waals surface area contributed by atoms with Gasteiger partial charge in [-0.15, -0.1) is 0 Å². The second-order valence-corrected chi connectivity index (χ2v) is 5.27. The summed E-state index contributed by atoms with van der Waals surface area (Å²) in [4.78, 5) is 15.7. The van der Waals surface area contributed by atoms with Crippen LogP contribution in [-0.2, 0) is 21.6 Å². The van der Waals surface area contributed by atoms with Crippen LogP contribution in [0, 0.1) is 5.82 Å². The highest BCUT2D eigenvalue weighted by Gasteiger charge is 2.29. The zero-order chi connectivity index (χ0) is 16.0. The summed E-state index contributed by atoms with van der Waals surface area (Å²) < 4.78 is 18.5. The zero-order valence-electron chi connectivity index (χ0n) is 12.7. The van der Waals surface area contributed by atoms with E-state index in [-0.39, 0.29) is 18.2 Å². The Morgan fingerprint density at radius 3 is 2.59 bits per heavy atom. The molecule has 0 saturated heterocycles. The average Bonchev–Trinajstić information content (AvgIpc) is 2.55. The molecule has 5 heteroatoms. The number of benzene rings is 1. The third-order valence-corrected chi connectivity index (χ3v) is 3.67. The van der Waals surface area contributed by atoms with Crippen LogP contribution < -0.4 is 5.32 Å². The molecular formula is C17H19FN2O2. The minimum absolute atomic E-state index is 0.141. The van der Waals surface area contributed by atoms with Crippen molar-refractivity contribution in [2.24, 2.45) is 0 Å². The van der Waals surface area contributed by atoms with Crippen LogP contribution in [0.1, 0.15) is 24.5 Å². The van der Waals surface area contributed by atoms with E-state index in [9.17, 15) is 9.18 Å². The number of pyridine rings is 1. The number of carbonyl (C=O) groups is 1. The first-order valence-electron chi connectivity index (χ1n) is 7.01. The van der Waals surface area contributed by atoms with Gasteiger partial charge in [-0.3, -0.25) is 9.78 Å². The van der Waals surface area contributed by atoms with Crippen molar-refractivity contribution in [3.05, 3.63) is 65.7 Å². The second-order valence-electron chi connectivity index (χ2n) is 5.27. The first-order valence-corrected chi connectivity index (χ1v) is 7.01. The van der Waals surface area contributed by atoms with E-state index in [0.717, 1.165) is 5.56 Å². The van der Waals surface area contributed by atoms with Crippen LogP contribution in [-0.4, -0.2) is 18.1 Å². The summed E-state index contributed by atoms with van der Waals surface area (Å²) >= 11 is 0. The summed E-state index contributed by atoms with van der Waals surface area (Å²) in [6.07, 6.45) is 3.47. The molecule has 116 valence electrons. The van der Waals surface area contributed by atoms with E-state index in [0.29, 0.717) is 12.1 Å². The minimum Gasteiger partial charge on any atom is -0.469 e. The smallest absolute Gasteiger partial charge is 0.307 e. The third-order valence-electron chi connectivity index (χ3n) is 3.67. The van der Waals surface area contributed by atoms with E-state index in [1.807, 2.05) is 19.1 Å². The predicted octanol–water partition coefficient (Wildman–Crippen LogP) is 2.79. The molecule has 0 fully saturated rings. The van der Waals surface area contributed by atoms with Gasteiger partial charge in [-0.25, -0.2) is 4.39 Å². The monoisotopic (exact) mass is 302 g/mol. The summed E-state index contributed by atoms with van der Waals surface area (Å²) in [5.41, 5.74) is 0.773. The summed E-state index contributed by atoms with van der Waals surface area (Å²) in [5, 5.41) is 3.27. The van der Waals surface area contributed by atoms with Crippen LogP contribution in [0.4, 0.5) is 4.39 Å². The molecule has 0 aliphatic heterocycles. The maximum Gasteiger partial charge on any atom is 0.307 e. The Balaban J connectivity index is 2.21. The van der Waals surface area contributed by atoms with Crippen LogP contribution in [0.25, 0.3) is 0 Å². The molecule has 0 spiro atoms. The van der Waals surface area contributed by atoms with Crippen molar-refractivity contribution >= 4 is 5.97 Å². The standard InChI is InChI=1S/C17H19FN2O2/c1-17(11-16(21)22-2,14-7-9-19-10-8-14)20-12-13-5-3-4-6-15(13)18/h3-10,20H,11-12H2,1-2H3. The van der Waals surface area contributed by atoms with Gasteiger partial charge in [0, 0.05) is 24.5 Å². The van der Waals surface area contributed by atoms with Crippen LogP contribution in [0.2, 0.25) is 0 Å². The number of ether oxygens (including phenoxy) is 1. The fraction of sp³-hybridized carbons (Fsp3) is 0.294. The van der Waals surface area contributed by atoms with Gasteiger partial charge < -0.3 is 10.1 Å². The van der Waals surface area contributed by atoms with E-state index in [1.165, 1.54) is 13.2 Å². The van der Waals surface area contributed by atoms with Crippen molar-refractivity contribution in [3.63, 3.8) is 0 Å². The summed E-state index contributed by atoms with van der Waals surface area (Å²) in [5.74, 6) is -0.606. The average molecular weight is 302 g/mol. The molecule has 1 heterocycles. The van der Waals surface area contributed by atoms with Crippen LogP contribution in [0.5, 0.6) is 0 Å². The number of halogens is 1. The molecule has 22 heavy (non-hydrogen) atoms. The maximum absolute atomic E-state index is 13.8. The Morgan fingerprint density at radius 1 is 1.27 bits per heavy atom. The van der Waals surface area contributed by atoms with Gasteiger partial charge in [0.25, 0.3) is 0 Å². The quantitative estimate of drug-likeness (QED) is 0.834. The van der Waals surface area contributed by atoms with E-state index in [1.54, 1.807) is 30.6 Å². The van der Waals surface area contributed by atoms with Crippen molar-refractivity contribution < 1.29 is 13.9 Å². The van der Waals surface area contributed by atoms with Gasteiger partial charge >= 0.3 is 5.97 Å². The fourth-order valence-electron chi connectivity index (χ4n) is 2.28. The lowest BCUT2D eigenvalue weighted by molar-refractivity contribution is -0.142. The number of carbonyl (C=O) groups excluding carboxylic acids is 1. The van der Waals surface area contributed by atoms with E-state index < -0.39 is 5.54 Å².